The van der Waals surface area contributed by atoms with E-state index < -0.39 is 0 Å². The van der Waals surface area contributed by atoms with Crippen LogP contribution in [0.3, 0.4) is 0 Å². The second-order valence-electron chi connectivity index (χ2n) is 6.90. The number of benzene rings is 1. The highest BCUT2D eigenvalue weighted by molar-refractivity contribution is 5.82. The molecule has 2 heterocycles. The van der Waals surface area contributed by atoms with Gasteiger partial charge in [0.25, 0.3) is 5.91 Å². The lowest BCUT2D eigenvalue weighted by Gasteiger charge is -2.37. The normalized spacial score (nSPS) is 20.2. The van der Waals surface area contributed by atoms with Gasteiger partial charge in [-0.1, -0.05) is 0 Å². The number of aliphatic imine (C=N–C) groups is 1. The molecule has 2 fully saturated rings. The Kier molecular flexibility index (Phi) is 6.82. The molecule has 0 spiro atoms. The van der Waals surface area contributed by atoms with Gasteiger partial charge in [0.05, 0.1) is 18.2 Å². The van der Waals surface area contributed by atoms with Crippen molar-refractivity contribution in [3.8, 4) is 6.07 Å². The number of guanidine groups is 1. The SMILES string of the molecule is CCNC(=NCc1cc(C#N)ccc1F)N1CCN(C(=O)C2CCCO2)CC1. The number of nitrogens with one attached hydrogen (secondary N) is 1. The van der Waals surface area contributed by atoms with Crippen LogP contribution in [0.5, 0.6) is 0 Å². The fraction of sp³-hybridized carbons (Fsp3) is 0.550. The number of amides is 1. The van der Waals surface area contributed by atoms with Crippen molar-refractivity contribution in [2.75, 3.05) is 39.3 Å². The minimum Gasteiger partial charge on any atom is -0.368 e. The molecule has 1 amide bonds. The highest BCUT2D eigenvalue weighted by atomic mass is 19.1. The van der Waals surface area contributed by atoms with Crippen LogP contribution < -0.4 is 5.32 Å². The van der Waals surface area contributed by atoms with E-state index in [0.29, 0.717) is 56.4 Å². The van der Waals surface area contributed by atoms with Gasteiger partial charge in [0.2, 0.25) is 0 Å². The molecule has 150 valence electrons. The van der Waals surface area contributed by atoms with Crippen LogP contribution in [0.1, 0.15) is 30.9 Å². The van der Waals surface area contributed by atoms with Crippen LogP contribution >= 0.6 is 0 Å². The smallest absolute Gasteiger partial charge is 0.251 e. The van der Waals surface area contributed by atoms with Crippen molar-refractivity contribution in [1.29, 1.82) is 5.26 Å². The molecule has 0 radical (unpaired) electrons. The van der Waals surface area contributed by atoms with Gasteiger partial charge in [-0.05, 0) is 38.0 Å². The van der Waals surface area contributed by atoms with Crippen molar-refractivity contribution in [1.82, 2.24) is 15.1 Å². The average Bonchev–Trinajstić information content (AvgIpc) is 3.26. The van der Waals surface area contributed by atoms with Gasteiger partial charge < -0.3 is 19.9 Å². The van der Waals surface area contributed by atoms with E-state index in [4.69, 9.17) is 10.00 Å². The number of halogens is 1. The van der Waals surface area contributed by atoms with E-state index in [9.17, 15) is 9.18 Å². The van der Waals surface area contributed by atoms with Gasteiger partial charge in [0.1, 0.15) is 11.9 Å². The van der Waals surface area contributed by atoms with Gasteiger partial charge in [-0.3, -0.25) is 4.79 Å². The maximum atomic E-state index is 14.0. The summed E-state index contributed by atoms with van der Waals surface area (Å²) in [6.45, 7) is 6.02. The molecular weight excluding hydrogens is 361 g/mol. The van der Waals surface area contributed by atoms with E-state index in [-0.39, 0.29) is 24.4 Å². The Bertz CT molecular complexity index is 762. The predicted octanol–water partition coefficient (Wildman–Crippen LogP) is 1.49. The van der Waals surface area contributed by atoms with E-state index >= 15 is 0 Å². The first kappa shape index (κ1) is 20.1. The zero-order valence-electron chi connectivity index (χ0n) is 16.2. The highest BCUT2D eigenvalue weighted by Crippen LogP contribution is 2.16. The summed E-state index contributed by atoms with van der Waals surface area (Å²) in [5.41, 5.74) is 0.805. The molecule has 1 atom stereocenters. The first-order valence-corrected chi connectivity index (χ1v) is 9.74. The largest absolute Gasteiger partial charge is 0.368 e. The van der Waals surface area contributed by atoms with Crippen molar-refractivity contribution in [3.63, 3.8) is 0 Å². The molecule has 2 aliphatic rings. The lowest BCUT2D eigenvalue weighted by molar-refractivity contribution is -0.142. The van der Waals surface area contributed by atoms with Crippen molar-refractivity contribution in [3.05, 3.63) is 35.1 Å². The first-order chi connectivity index (χ1) is 13.6. The fourth-order valence-electron chi connectivity index (χ4n) is 3.47. The Hall–Kier alpha value is -2.66. The number of hydrogen-bond acceptors (Lipinski definition) is 4. The van der Waals surface area contributed by atoms with Crippen LogP contribution in [-0.4, -0.2) is 67.1 Å². The number of nitrogens with zero attached hydrogens (tertiary/aromatic N) is 4. The molecule has 2 aliphatic heterocycles. The molecule has 3 rings (SSSR count). The topological polar surface area (TPSA) is 81.0 Å². The number of ether oxygens (including phenoxy) is 1. The molecular formula is C20H26FN5O2. The molecule has 0 bridgehead atoms. The summed E-state index contributed by atoms with van der Waals surface area (Å²) in [7, 11) is 0. The quantitative estimate of drug-likeness (QED) is 0.625. The Morgan fingerprint density at radius 1 is 1.36 bits per heavy atom. The van der Waals surface area contributed by atoms with Crippen LogP contribution in [-0.2, 0) is 16.1 Å². The predicted molar refractivity (Wildman–Crippen MR) is 103 cm³/mol. The zero-order chi connectivity index (χ0) is 19.9. The monoisotopic (exact) mass is 387 g/mol. The van der Waals surface area contributed by atoms with Gasteiger partial charge in [0.15, 0.2) is 5.96 Å². The van der Waals surface area contributed by atoms with Crippen LogP contribution in [0.2, 0.25) is 0 Å². The Balaban J connectivity index is 1.62. The highest BCUT2D eigenvalue weighted by Gasteiger charge is 2.30. The van der Waals surface area contributed by atoms with Crippen molar-refractivity contribution in [2.24, 2.45) is 4.99 Å². The van der Waals surface area contributed by atoms with E-state index in [1.54, 1.807) is 0 Å². The standard InChI is InChI=1S/C20H26FN5O2/c1-2-23-20(24-14-16-12-15(13-22)5-6-17(16)21)26-9-7-25(8-10-26)19(27)18-4-3-11-28-18/h5-6,12,18H,2-4,7-11,14H2,1H3,(H,23,24). The summed E-state index contributed by atoms with van der Waals surface area (Å²) < 4.78 is 19.5. The van der Waals surface area contributed by atoms with Gasteiger partial charge in [-0.15, -0.1) is 0 Å². The van der Waals surface area contributed by atoms with Crippen LogP contribution in [0.15, 0.2) is 23.2 Å². The molecule has 8 heteroatoms. The Morgan fingerprint density at radius 2 is 2.11 bits per heavy atom. The second-order valence-corrected chi connectivity index (χ2v) is 6.90. The maximum Gasteiger partial charge on any atom is 0.251 e. The van der Waals surface area contributed by atoms with E-state index in [0.717, 1.165) is 12.8 Å². The summed E-state index contributed by atoms with van der Waals surface area (Å²) >= 11 is 0. The van der Waals surface area contributed by atoms with Gasteiger partial charge >= 0.3 is 0 Å². The average molecular weight is 387 g/mol. The third kappa shape index (κ3) is 4.78. The van der Waals surface area contributed by atoms with Gasteiger partial charge in [-0.25, -0.2) is 9.38 Å². The summed E-state index contributed by atoms with van der Waals surface area (Å²) in [5.74, 6) is 0.397. The third-order valence-electron chi connectivity index (χ3n) is 5.00. The zero-order valence-corrected chi connectivity index (χ0v) is 16.2. The second kappa shape index (κ2) is 9.51. The van der Waals surface area contributed by atoms with E-state index in [2.05, 4.69) is 15.2 Å². The number of rotatable bonds is 4. The van der Waals surface area contributed by atoms with Crippen LogP contribution in [0.25, 0.3) is 0 Å². The molecule has 1 N–H and O–H groups in total. The van der Waals surface area contributed by atoms with E-state index in [1.165, 1.54) is 18.2 Å². The summed E-state index contributed by atoms with van der Waals surface area (Å²) in [5, 5.41) is 12.2. The summed E-state index contributed by atoms with van der Waals surface area (Å²) in [6, 6.07) is 6.30. The number of carbonyl (C=O) groups is 1. The number of carbonyl (C=O) groups excluding carboxylic acids is 1. The Morgan fingerprint density at radius 3 is 2.75 bits per heavy atom. The van der Waals surface area contributed by atoms with Crippen molar-refractivity contribution >= 4 is 11.9 Å². The van der Waals surface area contributed by atoms with Crippen molar-refractivity contribution < 1.29 is 13.9 Å². The molecule has 28 heavy (non-hydrogen) atoms. The molecule has 0 saturated carbocycles. The molecule has 0 aliphatic carbocycles. The fourth-order valence-corrected chi connectivity index (χ4v) is 3.47. The summed E-state index contributed by atoms with van der Waals surface area (Å²) in [4.78, 5) is 21.0. The van der Waals surface area contributed by atoms with Crippen LogP contribution in [0, 0.1) is 17.1 Å². The molecule has 2 saturated heterocycles. The number of hydrogen-bond donors (Lipinski definition) is 1. The minimum atomic E-state index is -0.370. The van der Waals surface area contributed by atoms with Gasteiger partial charge in [-0.2, -0.15) is 5.26 Å². The molecule has 1 aromatic rings. The summed E-state index contributed by atoms with van der Waals surface area (Å²) in [6.07, 6.45) is 1.46. The van der Waals surface area contributed by atoms with Crippen LogP contribution in [0.4, 0.5) is 4.39 Å². The molecule has 0 aromatic heterocycles. The molecule has 7 nitrogen and oxygen atoms in total. The van der Waals surface area contributed by atoms with Crippen molar-refractivity contribution in [2.45, 2.75) is 32.4 Å². The molecule has 1 unspecified atom stereocenters. The number of piperazine rings is 1. The lowest BCUT2D eigenvalue weighted by atomic mass is 10.1. The first-order valence-electron chi connectivity index (χ1n) is 9.74. The number of nitriles is 1. The molecule has 1 aromatic carbocycles. The lowest BCUT2D eigenvalue weighted by Crippen LogP contribution is -2.55. The third-order valence-corrected chi connectivity index (χ3v) is 5.00. The Labute approximate surface area is 164 Å². The minimum absolute atomic E-state index is 0.0782. The van der Waals surface area contributed by atoms with Gasteiger partial charge in [0, 0.05) is 44.9 Å². The maximum absolute atomic E-state index is 14.0. The van der Waals surface area contributed by atoms with E-state index in [1.807, 2.05) is 17.9 Å².